The topological polar surface area (TPSA) is 101 Å². The Balaban J connectivity index is 1.53. The number of carbonyl (C=O) groups excluding carboxylic acids is 2. The lowest BCUT2D eigenvalue weighted by Crippen LogP contribution is -2.20. The predicted octanol–water partition coefficient (Wildman–Crippen LogP) is 4.13. The molecule has 0 aliphatic heterocycles. The van der Waals surface area contributed by atoms with E-state index in [9.17, 15) is 14.4 Å². The fraction of sp³-hybridized carbons (Fsp3) is 0.0476. The first kappa shape index (κ1) is 18.6. The zero-order chi connectivity index (χ0) is 20.4. The van der Waals surface area contributed by atoms with Gasteiger partial charge in [-0.05, 0) is 24.3 Å². The summed E-state index contributed by atoms with van der Waals surface area (Å²) < 4.78 is 5.20. The summed E-state index contributed by atoms with van der Waals surface area (Å²) in [7, 11) is 0. The van der Waals surface area contributed by atoms with Crippen LogP contribution < -0.4 is 16.3 Å². The molecule has 2 amide bonds. The van der Waals surface area contributed by atoms with Gasteiger partial charge in [-0.25, -0.2) is 9.78 Å². The van der Waals surface area contributed by atoms with E-state index in [2.05, 4.69) is 15.6 Å². The highest BCUT2D eigenvalue weighted by atomic mass is 32.1. The first-order valence-electron chi connectivity index (χ1n) is 8.67. The summed E-state index contributed by atoms with van der Waals surface area (Å²) in [6.07, 6.45) is 0. The SMILES string of the molecule is CC(=O)Nc1ccc(-c2csc(NC(=O)c3cc4ccccc4oc3=O)n2)cc1. The summed E-state index contributed by atoms with van der Waals surface area (Å²) in [5.41, 5.74) is 1.83. The van der Waals surface area contributed by atoms with Gasteiger partial charge in [0, 0.05) is 28.9 Å². The molecule has 7 nitrogen and oxygen atoms in total. The second-order valence-corrected chi connectivity index (χ2v) is 7.09. The number of aromatic nitrogens is 1. The number of benzene rings is 2. The van der Waals surface area contributed by atoms with Crippen molar-refractivity contribution in [3.63, 3.8) is 0 Å². The molecule has 144 valence electrons. The summed E-state index contributed by atoms with van der Waals surface area (Å²) in [5, 5.41) is 8.17. The molecule has 0 aliphatic carbocycles. The number of hydrogen-bond donors (Lipinski definition) is 2. The first-order chi connectivity index (χ1) is 14.0. The number of para-hydroxylation sites is 1. The van der Waals surface area contributed by atoms with Crippen LogP contribution in [0.4, 0.5) is 10.8 Å². The standard InChI is InChI=1S/C21H15N3O4S/c1-12(25)22-15-8-6-13(7-9-15)17-11-29-21(23-17)24-19(26)16-10-14-4-2-3-5-18(14)28-20(16)27/h2-11H,1H3,(H,22,25)(H,23,24,26). The number of nitrogens with one attached hydrogen (secondary N) is 2. The summed E-state index contributed by atoms with van der Waals surface area (Å²) in [6, 6.07) is 15.7. The summed E-state index contributed by atoms with van der Waals surface area (Å²) in [5.74, 6) is -0.721. The molecular weight excluding hydrogens is 390 g/mol. The second kappa shape index (κ2) is 7.69. The number of carbonyl (C=O) groups is 2. The van der Waals surface area contributed by atoms with Crippen molar-refractivity contribution in [3.05, 3.63) is 76.0 Å². The lowest BCUT2D eigenvalue weighted by Gasteiger charge is -2.03. The van der Waals surface area contributed by atoms with Gasteiger partial charge in [-0.15, -0.1) is 11.3 Å². The van der Waals surface area contributed by atoms with Crippen LogP contribution in [-0.2, 0) is 4.79 Å². The van der Waals surface area contributed by atoms with Crippen LogP contribution in [0, 0.1) is 0 Å². The molecule has 4 aromatic rings. The van der Waals surface area contributed by atoms with Crippen LogP contribution in [0.2, 0.25) is 0 Å². The van der Waals surface area contributed by atoms with Crippen molar-refractivity contribution in [1.29, 1.82) is 0 Å². The Hall–Kier alpha value is -3.78. The molecule has 2 N–H and O–H groups in total. The predicted molar refractivity (Wildman–Crippen MR) is 112 cm³/mol. The van der Waals surface area contributed by atoms with E-state index in [4.69, 9.17) is 4.42 Å². The Morgan fingerprint density at radius 1 is 1.03 bits per heavy atom. The van der Waals surface area contributed by atoms with Crippen molar-refractivity contribution >= 4 is 44.9 Å². The van der Waals surface area contributed by atoms with Gasteiger partial charge >= 0.3 is 5.63 Å². The number of rotatable bonds is 4. The maximum absolute atomic E-state index is 12.5. The Morgan fingerprint density at radius 3 is 2.55 bits per heavy atom. The van der Waals surface area contributed by atoms with Crippen molar-refractivity contribution in [2.45, 2.75) is 6.92 Å². The fourth-order valence-corrected chi connectivity index (χ4v) is 3.49. The van der Waals surface area contributed by atoms with Gasteiger partial charge in [-0.2, -0.15) is 0 Å². The van der Waals surface area contributed by atoms with E-state index in [1.807, 2.05) is 12.1 Å². The molecular formula is C21H15N3O4S. The van der Waals surface area contributed by atoms with E-state index in [1.54, 1.807) is 41.8 Å². The Bertz CT molecular complexity index is 1280. The minimum atomic E-state index is -0.702. The number of anilines is 2. The molecule has 8 heteroatoms. The van der Waals surface area contributed by atoms with Gasteiger partial charge in [-0.1, -0.05) is 30.3 Å². The maximum Gasteiger partial charge on any atom is 0.349 e. The average Bonchev–Trinajstić information content (AvgIpc) is 3.16. The maximum atomic E-state index is 12.5. The first-order valence-corrected chi connectivity index (χ1v) is 9.55. The molecule has 0 saturated heterocycles. The third-order valence-corrected chi connectivity index (χ3v) is 4.87. The molecule has 4 rings (SSSR count). The molecule has 0 aliphatic rings. The van der Waals surface area contributed by atoms with Crippen LogP contribution >= 0.6 is 11.3 Å². The molecule has 0 atom stereocenters. The number of amides is 2. The van der Waals surface area contributed by atoms with Crippen LogP contribution in [0.3, 0.4) is 0 Å². The lowest BCUT2D eigenvalue weighted by molar-refractivity contribution is -0.114. The largest absolute Gasteiger partial charge is 0.422 e. The smallest absolute Gasteiger partial charge is 0.349 e. The average molecular weight is 405 g/mol. The van der Waals surface area contributed by atoms with Gasteiger partial charge in [0.15, 0.2) is 5.13 Å². The van der Waals surface area contributed by atoms with Crippen molar-refractivity contribution in [2.75, 3.05) is 10.6 Å². The molecule has 2 aromatic carbocycles. The molecule has 2 heterocycles. The minimum absolute atomic E-state index is 0.0832. The quantitative estimate of drug-likeness (QED) is 0.497. The Kier molecular flexibility index (Phi) is 4.92. The number of nitrogens with zero attached hydrogens (tertiary/aromatic N) is 1. The third kappa shape index (κ3) is 4.07. The second-order valence-electron chi connectivity index (χ2n) is 6.24. The monoisotopic (exact) mass is 405 g/mol. The zero-order valence-corrected chi connectivity index (χ0v) is 16.1. The van der Waals surface area contributed by atoms with Crippen molar-refractivity contribution in [3.8, 4) is 11.3 Å². The molecule has 0 unspecified atom stereocenters. The van der Waals surface area contributed by atoms with E-state index in [0.29, 0.717) is 27.5 Å². The number of hydrogen-bond acceptors (Lipinski definition) is 6. The molecule has 29 heavy (non-hydrogen) atoms. The highest BCUT2D eigenvalue weighted by Gasteiger charge is 2.15. The van der Waals surface area contributed by atoms with Crippen LogP contribution in [-0.4, -0.2) is 16.8 Å². The van der Waals surface area contributed by atoms with Gasteiger partial charge in [0.05, 0.1) is 5.69 Å². The van der Waals surface area contributed by atoms with E-state index in [-0.39, 0.29) is 11.5 Å². The molecule has 0 fully saturated rings. The van der Waals surface area contributed by atoms with Gasteiger partial charge in [-0.3, -0.25) is 14.9 Å². The van der Waals surface area contributed by atoms with Crippen molar-refractivity contribution in [2.24, 2.45) is 0 Å². The number of fused-ring (bicyclic) bond motifs is 1. The number of thiazole rings is 1. The lowest BCUT2D eigenvalue weighted by atomic mass is 10.1. The van der Waals surface area contributed by atoms with Crippen LogP contribution in [0.15, 0.2) is 69.2 Å². The van der Waals surface area contributed by atoms with Gasteiger partial charge in [0.2, 0.25) is 5.91 Å². The normalized spacial score (nSPS) is 10.7. The summed E-state index contributed by atoms with van der Waals surface area (Å²) >= 11 is 1.25. The van der Waals surface area contributed by atoms with Gasteiger partial charge in [0.1, 0.15) is 11.1 Å². The highest BCUT2D eigenvalue weighted by Crippen LogP contribution is 2.26. The van der Waals surface area contributed by atoms with Crippen LogP contribution in [0.25, 0.3) is 22.2 Å². The van der Waals surface area contributed by atoms with Gasteiger partial charge in [0.25, 0.3) is 5.91 Å². The minimum Gasteiger partial charge on any atom is -0.422 e. The molecule has 0 spiro atoms. The molecule has 0 radical (unpaired) electrons. The van der Waals surface area contributed by atoms with Crippen molar-refractivity contribution in [1.82, 2.24) is 4.98 Å². The zero-order valence-electron chi connectivity index (χ0n) is 15.3. The molecule has 0 bridgehead atoms. The van der Waals surface area contributed by atoms with E-state index < -0.39 is 11.5 Å². The summed E-state index contributed by atoms with van der Waals surface area (Å²) in [4.78, 5) is 40.1. The highest BCUT2D eigenvalue weighted by molar-refractivity contribution is 7.14. The third-order valence-electron chi connectivity index (χ3n) is 4.11. The van der Waals surface area contributed by atoms with E-state index in [1.165, 1.54) is 24.3 Å². The van der Waals surface area contributed by atoms with Crippen molar-refractivity contribution < 1.29 is 14.0 Å². The van der Waals surface area contributed by atoms with Gasteiger partial charge < -0.3 is 9.73 Å². The van der Waals surface area contributed by atoms with Crippen LogP contribution in [0.5, 0.6) is 0 Å². The van der Waals surface area contributed by atoms with E-state index in [0.717, 1.165) is 5.56 Å². The Morgan fingerprint density at radius 2 is 1.79 bits per heavy atom. The van der Waals surface area contributed by atoms with E-state index >= 15 is 0 Å². The molecule has 0 saturated carbocycles. The van der Waals surface area contributed by atoms with Crippen LogP contribution in [0.1, 0.15) is 17.3 Å². The fourth-order valence-electron chi connectivity index (χ4n) is 2.78. The molecule has 2 aromatic heterocycles. The Labute approximate surface area is 169 Å². The summed E-state index contributed by atoms with van der Waals surface area (Å²) in [6.45, 7) is 1.44.